The minimum Gasteiger partial charge on any atom is -0.369 e. The Morgan fingerprint density at radius 1 is 1.22 bits per heavy atom. The third-order valence-electron chi connectivity index (χ3n) is 3.34. The van der Waals surface area contributed by atoms with Crippen LogP contribution in [-0.2, 0) is 0 Å². The molecule has 1 aliphatic rings. The van der Waals surface area contributed by atoms with Crippen LogP contribution in [0.15, 0.2) is 22.7 Å². The molecule has 3 nitrogen and oxygen atoms in total. The normalized spacial score (nSPS) is 18.3. The largest absolute Gasteiger partial charge is 0.369 e. The van der Waals surface area contributed by atoms with Crippen molar-refractivity contribution in [1.82, 2.24) is 4.90 Å². The molecule has 5 heteroatoms. The summed E-state index contributed by atoms with van der Waals surface area (Å²) in [6.45, 7) is 6.47. The molecular formula is C13H21BrClN3. The van der Waals surface area contributed by atoms with Gasteiger partial charge in [-0.3, -0.25) is 0 Å². The van der Waals surface area contributed by atoms with Gasteiger partial charge in [-0.1, -0.05) is 22.0 Å². The topological polar surface area (TPSA) is 32.5 Å². The Bertz CT molecular complexity index is 390. The fourth-order valence-corrected chi connectivity index (χ4v) is 2.87. The van der Waals surface area contributed by atoms with E-state index in [1.807, 2.05) is 6.92 Å². The molecule has 102 valence electrons. The third kappa shape index (κ3) is 3.60. The lowest BCUT2D eigenvalue weighted by Gasteiger charge is -2.34. The Kier molecular flexibility index (Phi) is 5.92. The first-order valence-electron chi connectivity index (χ1n) is 6.06. The van der Waals surface area contributed by atoms with Crippen LogP contribution in [0.4, 0.5) is 5.69 Å². The molecule has 2 N–H and O–H groups in total. The molecule has 1 aromatic carbocycles. The average Bonchev–Trinajstić information content (AvgIpc) is 2.29. The number of piperazine rings is 1. The molecule has 0 amide bonds. The molecule has 18 heavy (non-hydrogen) atoms. The van der Waals surface area contributed by atoms with Crippen molar-refractivity contribution in [3.05, 3.63) is 28.2 Å². The second-order valence-electron chi connectivity index (χ2n) is 4.78. The minimum absolute atomic E-state index is 0. The summed E-state index contributed by atoms with van der Waals surface area (Å²) in [5.41, 5.74) is 8.37. The SMILES string of the molecule is C[C@H](N)c1ccc(N2CCN(C)CC2)cc1Br.Cl. The molecule has 0 unspecified atom stereocenters. The number of nitrogens with zero attached hydrogens (tertiary/aromatic N) is 2. The van der Waals surface area contributed by atoms with Crippen LogP contribution in [0.25, 0.3) is 0 Å². The van der Waals surface area contributed by atoms with Gasteiger partial charge in [0.1, 0.15) is 0 Å². The summed E-state index contributed by atoms with van der Waals surface area (Å²) in [4.78, 5) is 4.79. The van der Waals surface area contributed by atoms with Crippen LogP contribution in [0.3, 0.4) is 0 Å². The fraction of sp³-hybridized carbons (Fsp3) is 0.538. The lowest BCUT2D eigenvalue weighted by molar-refractivity contribution is 0.313. The second kappa shape index (κ2) is 6.75. The van der Waals surface area contributed by atoms with Crippen molar-refractivity contribution in [3.8, 4) is 0 Å². The zero-order valence-corrected chi connectivity index (χ0v) is 13.3. The van der Waals surface area contributed by atoms with Crippen LogP contribution < -0.4 is 10.6 Å². The zero-order chi connectivity index (χ0) is 12.4. The molecule has 2 rings (SSSR count). The predicted molar refractivity (Wildman–Crippen MR) is 83.7 cm³/mol. The molecular weight excluding hydrogens is 314 g/mol. The second-order valence-corrected chi connectivity index (χ2v) is 5.64. The average molecular weight is 335 g/mol. The molecule has 0 spiro atoms. The maximum absolute atomic E-state index is 5.91. The number of anilines is 1. The first kappa shape index (κ1) is 15.8. The summed E-state index contributed by atoms with van der Waals surface area (Å²) in [6, 6.07) is 6.56. The van der Waals surface area contributed by atoms with Crippen LogP contribution >= 0.6 is 28.3 Å². The van der Waals surface area contributed by atoms with Gasteiger partial charge in [0, 0.05) is 42.4 Å². The maximum Gasteiger partial charge on any atom is 0.0378 e. The zero-order valence-electron chi connectivity index (χ0n) is 10.9. The molecule has 0 radical (unpaired) electrons. The van der Waals surface area contributed by atoms with Gasteiger partial charge in [0.2, 0.25) is 0 Å². The first-order valence-corrected chi connectivity index (χ1v) is 6.86. The van der Waals surface area contributed by atoms with Gasteiger partial charge >= 0.3 is 0 Å². The summed E-state index contributed by atoms with van der Waals surface area (Å²) < 4.78 is 1.11. The summed E-state index contributed by atoms with van der Waals surface area (Å²) in [5, 5.41) is 0. The van der Waals surface area contributed by atoms with Gasteiger partial charge in [-0.05, 0) is 31.7 Å². The van der Waals surface area contributed by atoms with Gasteiger partial charge in [0.25, 0.3) is 0 Å². The van der Waals surface area contributed by atoms with Crippen LogP contribution in [0.1, 0.15) is 18.5 Å². The minimum atomic E-state index is 0. The van der Waals surface area contributed by atoms with Crippen molar-refractivity contribution in [2.75, 3.05) is 38.1 Å². The molecule has 1 aliphatic heterocycles. The van der Waals surface area contributed by atoms with Crippen molar-refractivity contribution < 1.29 is 0 Å². The summed E-state index contributed by atoms with van der Waals surface area (Å²) in [7, 11) is 2.17. The maximum atomic E-state index is 5.91. The molecule has 1 heterocycles. The van der Waals surface area contributed by atoms with E-state index in [0.717, 1.165) is 30.7 Å². The van der Waals surface area contributed by atoms with Gasteiger partial charge < -0.3 is 15.5 Å². The van der Waals surface area contributed by atoms with Crippen LogP contribution in [0.2, 0.25) is 0 Å². The van der Waals surface area contributed by atoms with E-state index in [2.05, 4.69) is 51.0 Å². The Hall–Kier alpha value is -0.290. The van der Waals surface area contributed by atoms with E-state index in [1.54, 1.807) is 0 Å². The summed E-state index contributed by atoms with van der Waals surface area (Å²) >= 11 is 3.61. The number of benzene rings is 1. The summed E-state index contributed by atoms with van der Waals surface area (Å²) in [5.74, 6) is 0. The Labute approximate surface area is 124 Å². The molecule has 0 bridgehead atoms. The van der Waals surface area contributed by atoms with Crippen LogP contribution in [-0.4, -0.2) is 38.1 Å². The van der Waals surface area contributed by atoms with Crippen molar-refractivity contribution >= 4 is 34.0 Å². The lowest BCUT2D eigenvalue weighted by atomic mass is 10.1. The Morgan fingerprint density at radius 3 is 2.33 bits per heavy atom. The van der Waals surface area contributed by atoms with Crippen molar-refractivity contribution in [2.45, 2.75) is 13.0 Å². The Balaban J connectivity index is 0.00000162. The van der Waals surface area contributed by atoms with Crippen molar-refractivity contribution in [1.29, 1.82) is 0 Å². The monoisotopic (exact) mass is 333 g/mol. The highest BCUT2D eigenvalue weighted by atomic mass is 79.9. The molecule has 0 aromatic heterocycles. The van der Waals surface area contributed by atoms with E-state index < -0.39 is 0 Å². The third-order valence-corrected chi connectivity index (χ3v) is 4.03. The molecule has 0 aliphatic carbocycles. The molecule has 1 saturated heterocycles. The molecule has 1 atom stereocenters. The van der Waals surface area contributed by atoms with Gasteiger partial charge in [-0.2, -0.15) is 0 Å². The van der Waals surface area contributed by atoms with Crippen molar-refractivity contribution in [2.24, 2.45) is 5.73 Å². The van der Waals surface area contributed by atoms with Gasteiger partial charge in [-0.15, -0.1) is 12.4 Å². The van der Waals surface area contributed by atoms with Gasteiger partial charge in [0.05, 0.1) is 0 Å². The molecule has 0 saturated carbocycles. The lowest BCUT2D eigenvalue weighted by Crippen LogP contribution is -2.44. The number of nitrogens with two attached hydrogens (primary N) is 1. The number of likely N-dealkylation sites (N-methyl/N-ethyl adjacent to an activating group) is 1. The van der Waals surface area contributed by atoms with E-state index in [9.17, 15) is 0 Å². The van der Waals surface area contributed by atoms with Crippen LogP contribution in [0.5, 0.6) is 0 Å². The highest BCUT2D eigenvalue weighted by Crippen LogP contribution is 2.27. The van der Waals surface area contributed by atoms with Gasteiger partial charge in [0.15, 0.2) is 0 Å². The van der Waals surface area contributed by atoms with Gasteiger partial charge in [-0.25, -0.2) is 0 Å². The van der Waals surface area contributed by atoms with E-state index >= 15 is 0 Å². The number of hydrogen-bond donors (Lipinski definition) is 1. The van der Waals surface area contributed by atoms with E-state index in [-0.39, 0.29) is 18.4 Å². The number of rotatable bonds is 2. The highest BCUT2D eigenvalue weighted by molar-refractivity contribution is 9.10. The number of halogens is 2. The fourth-order valence-electron chi connectivity index (χ4n) is 2.15. The molecule has 1 fully saturated rings. The number of hydrogen-bond acceptors (Lipinski definition) is 3. The van der Waals surface area contributed by atoms with E-state index in [4.69, 9.17) is 5.73 Å². The Morgan fingerprint density at radius 2 is 1.83 bits per heavy atom. The van der Waals surface area contributed by atoms with E-state index in [1.165, 1.54) is 11.3 Å². The van der Waals surface area contributed by atoms with Crippen molar-refractivity contribution in [3.63, 3.8) is 0 Å². The highest BCUT2D eigenvalue weighted by Gasteiger charge is 2.15. The first-order chi connectivity index (χ1) is 8.08. The van der Waals surface area contributed by atoms with Crippen LogP contribution in [0, 0.1) is 0 Å². The quantitative estimate of drug-likeness (QED) is 0.902. The smallest absolute Gasteiger partial charge is 0.0378 e. The standard InChI is InChI=1S/C13H20BrN3.ClH/c1-10(15)12-4-3-11(9-13(12)14)17-7-5-16(2)6-8-17;/h3-4,9-10H,5-8,15H2,1-2H3;1H/t10-;/m0./s1. The molecule has 1 aromatic rings. The predicted octanol–water partition coefficient (Wildman–Crippen LogP) is 2.64. The van der Waals surface area contributed by atoms with E-state index in [0.29, 0.717) is 0 Å². The summed E-state index contributed by atoms with van der Waals surface area (Å²) in [6.07, 6.45) is 0.